The number of hydrogen-bond donors (Lipinski definition) is 1. The van der Waals surface area contributed by atoms with Crippen LogP contribution in [-0.4, -0.2) is 29.0 Å². The number of carbonyl (C=O) groups is 1. The highest BCUT2D eigenvalue weighted by molar-refractivity contribution is 8.00. The van der Waals surface area contributed by atoms with E-state index < -0.39 is 0 Å². The van der Waals surface area contributed by atoms with Crippen LogP contribution in [0.3, 0.4) is 0 Å². The molecular formula is C12H13N3O3S. The largest absolute Gasteiger partial charge is 0.405 e. The number of methoxy groups -OCH3 is 1. The van der Waals surface area contributed by atoms with Crippen LogP contribution in [0.2, 0.25) is 0 Å². The van der Waals surface area contributed by atoms with E-state index in [9.17, 15) is 4.79 Å². The van der Waals surface area contributed by atoms with Crippen molar-refractivity contribution >= 4 is 23.7 Å². The van der Waals surface area contributed by atoms with E-state index in [1.807, 2.05) is 30.3 Å². The highest BCUT2D eigenvalue weighted by atomic mass is 32.2. The monoisotopic (exact) mass is 279 g/mol. The van der Waals surface area contributed by atoms with Gasteiger partial charge in [-0.2, -0.15) is 0 Å². The average Bonchev–Trinajstić information content (AvgIpc) is 2.85. The van der Waals surface area contributed by atoms with E-state index in [0.29, 0.717) is 5.89 Å². The lowest BCUT2D eigenvalue weighted by Crippen LogP contribution is -2.14. The molecule has 1 aromatic carbocycles. The fraction of sp³-hybridized carbons (Fsp3) is 0.250. The van der Waals surface area contributed by atoms with E-state index in [1.165, 1.54) is 18.9 Å². The summed E-state index contributed by atoms with van der Waals surface area (Å²) in [5, 5.41) is 9.94. The Bertz CT molecular complexity index is 530. The minimum Gasteiger partial charge on any atom is -0.405 e. The summed E-state index contributed by atoms with van der Waals surface area (Å²) in [6.07, 6.45) is 0. The van der Waals surface area contributed by atoms with E-state index in [2.05, 4.69) is 15.5 Å². The first kappa shape index (κ1) is 13.6. The maximum Gasteiger partial charge on any atom is 0.322 e. The zero-order valence-corrected chi connectivity index (χ0v) is 11.1. The Hall–Kier alpha value is -1.86. The van der Waals surface area contributed by atoms with Gasteiger partial charge >= 0.3 is 6.01 Å². The van der Waals surface area contributed by atoms with Crippen molar-refractivity contribution in [1.82, 2.24) is 10.2 Å². The summed E-state index contributed by atoms with van der Waals surface area (Å²) in [5.41, 5.74) is 0. The van der Waals surface area contributed by atoms with Crippen molar-refractivity contribution in [1.29, 1.82) is 0 Å². The molecule has 0 spiro atoms. The van der Waals surface area contributed by atoms with E-state index in [1.54, 1.807) is 0 Å². The van der Waals surface area contributed by atoms with Crippen molar-refractivity contribution in [2.75, 3.05) is 18.2 Å². The first-order valence-corrected chi connectivity index (χ1v) is 6.55. The van der Waals surface area contributed by atoms with Crippen LogP contribution in [0.5, 0.6) is 0 Å². The van der Waals surface area contributed by atoms with E-state index in [-0.39, 0.29) is 24.3 Å². The molecule has 1 aromatic heterocycles. The Kier molecular flexibility index (Phi) is 4.93. The molecule has 0 bridgehead atoms. The van der Waals surface area contributed by atoms with Gasteiger partial charge in [-0.1, -0.05) is 23.3 Å². The fourth-order valence-electron chi connectivity index (χ4n) is 1.31. The second kappa shape index (κ2) is 6.91. The Morgan fingerprint density at radius 2 is 2.16 bits per heavy atom. The Balaban J connectivity index is 1.80. The lowest BCUT2D eigenvalue weighted by molar-refractivity contribution is -0.113. The topological polar surface area (TPSA) is 77.3 Å². The van der Waals surface area contributed by atoms with Gasteiger partial charge in [0.2, 0.25) is 11.8 Å². The number of nitrogens with one attached hydrogen (secondary N) is 1. The van der Waals surface area contributed by atoms with Gasteiger partial charge in [0.25, 0.3) is 0 Å². The van der Waals surface area contributed by atoms with Crippen molar-refractivity contribution in [3.8, 4) is 0 Å². The number of amides is 1. The predicted molar refractivity (Wildman–Crippen MR) is 70.8 cm³/mol. The highest BCUT2D eigenvalue weighted by Gasteiger charge is 2.09. The van der Waals surface area contributed by atoms with Gasteiger partial charge in [0.05, 0.1) is 5.75 Å². The van der Waals surface area contributed by atoms with Gasteiger partial charge in [0.15, 0.2) is 0 Å². The summed E-state index contributed by atoms with van der Waals surface area (Å²) in [7, 11) is 1.53. The SMILES string of the molecule is COCc1nnc(NC(=O)CSc2ccccc2)o1. The molecule has 19 heavy (non-hydrogen) atoms. The van der Waals surface area contributed by atoms with Gasteiger partial charge in [-0.3, -0.25) is 10.1 Å². The van der Waals surface area contributed by atoms with Gasteiger partial charge in [-0.25, -0.2) is 0 Å². The van der Waals surface area contributed by atoms with E-state index >= 15 is 0 Å². The van der Waals surface area contributed by atoms with Crippen LogP contribution in [0.1, 0.15) is 5.89 Å². The third-order valence-corrected chi connectivity index (χ3v) is 3.11. The summed E-state index contributed by atoms with van der Waals surface area (Å²) in [6, 6.07) is 9.76. The van der Waals surface area contributed by atoms with Crippen LogP contribution in [0, 0.1) is 0 Å². The summed E-state index contributed by atoms with van der Waals surface area (Å²) < 4.78 is 10.00. The second-order valence-electron chi connectivity index (χ2n) is 3.58. The van der Waals surface area contributed by atoms with Crippen molar-refractivity contribution in [3.05, 3.63) is 36.2 Å². The number of rotatable bonds is 6. The number of carbonyl (C=O) groups excluding carboxylic acids is 1. The molecule has 6 nitrogen and oxygen atoms in total. The molecule has 1 amide bonds. The average molecular weight is 279 g/mol. The summed E-state index contributed by atoms with van der Waals surface area (Å²) in [6.45, 7) is 0.224. The van der Waals surface area contributed by atoms with Crippen molar-refractivity contribution in [2.24, 2.45) is 0 Å². The molecule has 0 atom stereocenters. The van der Waals surface area contributed by atoms with Gasteiger partial charge in [0, 0.05) is 12.0 Å². The lowest BCUT2D eigenvalue weighted by Gasteiger charge is -2.00. The predicted octanol–water partition coefficient (Wildman–Crippen LogP) is 1.95. The Morgan fingerprint density at radius 1 is 1.37 bits per heavy atom. The van der Waals surface area contributed by atoms with Crippen molar-refractivity contribution < 1.29 is 13.9 Å². The molecule has 7 heteroatoms. The summed E-state index contributed by atoms with van der Waals surface area (Å²) in [4.78, 5) is 12.7. The smallest absolute Gasteiger partial charge is 0.322 e. The molecule has 2 aromatic rings. The summed E-state index contributed by atoms with van der Waals surface area (Å²) >= 11 is 1.44. The van der Waals surface area contributed by atoms with Crippen LogP contribution in [-0.2, 0) is 16.1 Å². The minimum absolute atomic E-state index is 0.0886. The number of nitrogens with zero attached hydrogens (tertiary/aromatic N) is 2. The molecule has 0 saturated heterocycles. The molecule has 1 N–H and O–H groups in total. The number of thioether (sulfide) groups is 1. The fourth-order valence-corrected chi connectivity index (χ4v) is 2.03. The van der Waals surface area contributed by atoms with Gasteiger partial charge in [-0.05, 0) is 12.1 Å². The molecule has 1 heterocycles. The normalized spacial score (nSPS) is 10.4. The van der Waals surface area contributed by atoms with Crippen LogP contribution in [0.25, 0.3) is 0 Å². The Labute approximate surface area is 114 Å². The minimum atomic E-state index is -0.193. The number of benzene rings is 1. The lowest BCUT2D eigenvalue weighted by atomic mass is 10.4. The molecule has 0 aliphatic rings. The number of ether oxygens (including phenoxy) is 1. The third kappa shape index (κ3) is 4.38. The first-order chi connectivity index (χ1) is 9.28. The molecular weight excluding hydrogens is 266 g/mol. The summed E-state index contributed by atoms with van der Waals surface area (Å²) in [5.74, 6) is 0.418. The molecule has 0 radical (unpaired) electrons. The van der Waals surface area contributed by atoms with E-state index in [0.717, 1.165) is 4.90 Å². The van der Waals surface area contributed by atoms with Gasteiger partial charge < -0.3 is 9.15 Å². The van der Waals surface area contributed by atoms with Crippen molar-refractivity contribution in [2.45, 2.75) is 11.5 Å². The molecule has 0 aliphatic heterocycles. The molecule has 100 valence electrons. The third-order valence-electron chi connectivity index (χ3n) is 2.09. The molecule has 0 saturated carbocycles. The number of aromatic nitrogens is 2. The second-order valence-corrected chi connectivity index (χ2v) is 4.63. The molecule has 2 rings (SSSR count). The highest BCUT2D eigenvalue weighted by Crippen LogP contribution is 2.17. The van der Waals surface area contributed by atoms with Crippen LogP contribution in [0.4, 0.5) is 6.01 Å². The maximum absolute atomic E-state index is 11.7. The molecule has 0 fully saturated rings. The first-order valence-electron chi connectivity index (χ1n) is 5.57. The van der Waals surface area contributed by atoms with Crippen molar-refractivity contribution in [3.63, 3.8) is 0 Å². The van der Waals surface area contributed by atoms with Gasteiger partial charge in [0.1, 0.15) is 6.61 Å². The molecule has 0 aliphatic carbocycles. The number of anilines is 1. The standard InChI is InChI=1S/C12H13N3O3S/c1-17-7-11-14-15-12(18-11)13-10(16)8-19-9-5-3-2-4-6-9/h2-6H,7-8H2,1H3,(H,13,15,16). The van der Waals surface area contributed by atoms with E-state index in [4.69, 9.17) is 9.15 Å². The Morgan fingerprint density at radius 3 is 2.89 bits per heavy atom. The van der Waals surface area contributed by atoms with Crippen LogP contribution >= 0.6 is 11.8 Å². The zero-order chi connectivity index (χ0) is 13.5. The zero-order valence-electron chi connectivity index (χ0n) is 10.3. The molecule has 0 unspecified atom stereocenters. The maximum atomic E-state index is 11.7. The number of hydrogen-bond acceptors (Lipinski definition) is 6. The quantitative estimate of drug-likeness (QED) is 0.814. The van der Waals surface area contributed by atoms with Gasteiger partial charge in [-0.15, -0.1) is 16.9 Å². The van der Waals surface area contributed by atoms with Crippen LogP contribution < -0.4 is 5.32 Å². The van der Waals surface area contributed by atoms with Crippen LogP contribution in [0.15, 0.2) is 39.6 Å².